The van der Waals surface area contributed by atoms with Gasteiger partial charge in [0, 0.05) is 42.2 Å². The van der Waals surface area contributed by atoms with Crippen molar-refractivity contribution >= 4 is 22.9 Å². The van der Waals surface area contributed by atoms with Gasteiger partial charge in [0.15, 0.2) is 22.9 Å². The van der Waals surface area contributed by atoms with Gasteiger partial charge >= 0.3 is 6.16 Å². The number of Topliss-reactive ketones (excluding diaryl/α,β-unsaturated/α-hetero) is 1. The van der Waals surface area contributed by atoms with Gasteiger partial charge in [-0.1, -0.05) is 5.16 Å². The third-order valence-electron chi connectivity index (χ3n) is 7.08. The Morgan fingerprint density at radius 2 is 1.89 bits per heavy atom. The average molecular weight is 530 g/mol. The summed E-state index contributed by atoms with van der Waals surface area (Å²) in [6.07, 6.45) is 1.66. The summed E-state index contributed by atoms with van der Waals surface area (Å²) < 4.78 is 41.3. The van der Waals surface area contributed by atoms with Crippen molar-refractivity contribution in [2.45, 2.75) is 39.0 Å². The van der Waals surface area contributed by atoms with Gasteiger partial charge < -0.3 is 23.5 Å². The molecule has 1 fully saturated rings. The SMILES string of the molecule is CCOC(=O)OC[N+]1(CCCOc2ccc(C(C)=O)cc2OC)CCC(c2noc3cc(F)ccc23)CC1. The van der Waals surface area contributed by atoms with Crippen LogP contribution in [-0.4, -0.2) is 68.3 Å². The first-order valence-corrected chi connectivity index (χ1v) is 12.9. The highest BCUT2D eigenvalue weighted by Crippen LogP contribution is 2.35. The molecule has 2 heterocycles. The largest absolute Gasteiger partial charge is 0.512 e. The van der Waals surface area contributed by atoms with Crippen molar-refractivity contribution in [2.75, 3.05) is 46.7 Å². The first-order valence-electron chi connectivity index (χ1n) is 12.9. The van der Waals surface area contributed by atoms with Gasteiger partial charge in [-0.3, -0.25) is 9.28 Å². The molecule has 0 radical (unpaired) electrons. The van der Waals surface area contributed by atoms with E-state index >= 15 is 0 Å². The summed E-state index contributed by atoms with van der Waals surface area (Å²) in [7, 11) is 1.54. The molecule has 2 aromatic carbocycles. The number of hydrogen-bond acceptors (Lipinski definition) is 8. The Kier molecular flexibility index (Phi) is 8.83. The molecule has 204 valence electrons. The van der Waals surface area contributed by atoms with E-state index in [1.165, 1.54) is 26.2 Å². The van der Waals surface area contributed by atoms with Crippen LogP contribution in [0, 0.1) is 5.82 Å². The molecule has 3 aromatic rings. The Labute approximate surface area is 221 Å². The Bertz CT molecular complexity index is 1270. The lowest BCUT2D eigenvalue weighted by molar-refractivity contribution is -0.948. The Morgan fingerprint density at radius 1 is 1.11 bits per heavy atom. The van der Waals surface area contributed by atoms with E-state index in [4.69, 9.17) is 23.5 Å². The molecule has 9 nitrogen and oxygen atoms in total. The smallest absolute Gasteiger partial charge is 0.493 e. The lowest BCUT2D eigenvalue weighted by Crippen LogP contribution is -2.55. The number of fused-ring (bicyclic) bond motifs is 1. The van der Waals surface area contributed by atoms with Crippen LogP contribution >= 0.6 is 0 Å². The van der Waals surface area contributed by atoms with Crippen molar-refractivity contribution in [1.29, 1.82) is 0 Å². The molecule has 0 spiro atoms. The summed E-state index contributed by atoms with van der Waals surface area (Å²) in [5.41, 5.74) is 1.84. The molecule has 1 saturated heterocycles. The third-order valence-corrected chi connectivity index (χ3v) is 7.08. The van der Waals surface area contributed by atoms with E-state index in [1.807, 2.05) is 0 Å². The highest BCUT2D eigenvalue weighted by Gasteiger charge is 2.37. The first kappa shape index (κ1) is 27.4. The van der Waals surface area contributed by atoms with Gasteiger partial charge in [0.1, 0.15) is 5.82 Å². The number of aromatic nitrogens is 1. The fourth-order valence-electron chi connectivity index (χ4n) is 4.97. The lowest BCUT2D eigenvalue weighted by Gasteiger charge is -2.42. The molecule has 0 atom stereocenters. The summed E-state index contributed by atoms with van der Waals surface area (Å²) >= 11 is 0. The molecule has 0 aliphatic carbocycles. The zero-order valence-electron chi connectivity index (χ0n) is 22.0. The maximum Gasteiger partial charge on any atom is 0.512 e. The number of rotatable bonds is 11. The minimum atomic E-state index is -0.678. The van der Waals surface area contributed by atoms with Gasteiger partial charge in [-0.2, -0.15) is 0 Å². The van der Waals surface area contributed by atoms with Crippen LogP contribution in [0.15, 0.2) is 40.9 Å². The molecule has 1 aliphatic rings. The molecule has 4 rings (SSSR count). The minimum absolute atomic E-state index is 0.0444. The maximum atomic E-state index is 13.6. The average Bonchev–Trinajstić information content (AvgIpc) is 3.33. The summed E-state index contributed by atoms with van der Waals surface area (Å²) in [6.45, 7) is 6.37. The number of halogens is 1. The number of nitrogens with zero attached hydrogens (tertiary/aromatic N) is 2. The lowest BCUT2D eigenvalue weighted by atomic mass is 9.90. The van der Waals surface area contributed by atoms with Crippen LogP contribution in [-0.2, 0) is 9.47 Å². The predicted molar refractivity (Wildman–Crippen MR) is 137 cm³/mol. The van der Waals surface area contributed by atoms with Gasteiger partial charge in [0.25, 0.3) is 0 Å². The normalized spacial score (nSPS) is 19.2. The highest BCUT2D eigenvalue weighted by molar-refractivity contribution is 5.94. The van der Waals surface area contributed by atoms with Crippen molar-refractivity contribution in [1.82, 2.24) is 5.16 Å². The van der Waals surface area contributed by atoms with Gasteiger partial charge in [0.2, 0.25) is 6.73 Å². The van der Waals surface area contributed by atoms with Gasteiger partial charge in [-0.05, 0) is 44.2 Å². The number of ether oxygens (including phenoxy) is 4. The van der Waals surface area contributed by atoms with E-state index in [2.05, 4.69) is 5.16 Å². The molecule has 1 aliphatic heterocycles. The van der Waals surface area contributed by atoms with E-state index in [-0.39, 0.29) is 30.9 Å². The molecular formula is C28H34FN2O7+. The van der Waals surface area contributed by atoms with Gasteiger partial charge in [-0.15, -0.1) is 0 Å². The third kappa shape index (κ3) is 6.42. The molecule has 0 N–H and O–H groups in total. The van der Waals surface area contributed by atoms with Crippen molar-refractivity contribution in [3.63, 3.8) is 0 Å². The number of hydrogen-bond donors (Lipinski definition) is 0. The quantitative estimate of drug-likeness (QED) is 0.140. The van der Waals surface area contributed by atoms with Crippen molar-refractivity contribution in [2.24, 2.45) is 0 Å². The number of methoxy groups -OCH3 is 1. The zero-order valence-corrected chi connectivity index (χ0v) is 22.0. The molecule has 0 saturated carbocycles. The van der Waals surface area contributed by atoms with Crippen molar-refractivity contribution in [3.8, 4) is 11.5 Å². The van der Waals surface area contributed by atoms with E-state index in [0.29, 0.717) is 40.2 Å². The van der Waals surface area contributed by atoms with Crippen LogP contribution in [0.4, 0.5) is 9.18 Å². The summed E-state index contributed by atoms with van der Waals surface area (Å²) in [5.74, 6) is 0.839. The van der Waals surface area contributed by atoms with Crippen molar-refractivity contribution < 1.29 is 41.9 Å². The number of piperidine rings is 1. The minimum Gasteiger partial charge on any atom is -0.493 e. The topological polar surface area (TPSA) is 97.1 Å². The second-order valence-electron chi connectivity index (χ2n) is 9.58. The van der Waals surface area contributed by atoms with Crippen LogP contribution in [0.1, 0.15) is 55.1 Å². The van der Waals surface area contributed by atoms with Crippen LogP contribution in [0.25, 0.3) is 11.0 Å². The van der Waals surface area contributed by atoms with E-state index in [9.17, 15) is 14.0 Å². The van der Waals surface area contributed by atoms with Crippen LogP contribution < -0.4 is 9.47 Å². The number of likely N-dealkylation sites (tertiary alicyclic amines) is 1. The molecule has 0 bridgehead atoms. The number of quaternary nitrogens is 1. The van der Waals surface area contributed by atoms with Crippen LogP contribution in [0.2, 0.25) is 0 Å². The highest BCUT2D eigenvalue weighted by atomic mass is 19.1. The number of carbonyl (C=O) groups is 2. The Hall–Kier alpha value is -3.66. The summed E-state index contributed by atoms with van der Waals surface area (Å²) in [6, 6.07) is 9.61. The maximum absolute atomic E-state index is 13.6. The van der Waals surface area contributed by atoms with E-state index in [0.717, 1.165) is 43.6 Å². The number of carbonyl (C=O) groups excluding carboxylic acids is 2. The van der Waals surface area contributed by atoms with Crippen LogP contribution in [0.5, 0.6) is 11.5 Å². The van der Waals surface area contributed by atoms with Crippen molar-refractivity contribution in [3.05, 3.63) is 53.5 Å². The predicted octanol–water partition coefficient (Wildman–Crippen LogP) is 5.47. The molecule has 38 heavy (non-hydrogen) atoms. The van der Waals surface area contributed by atoms with E-state index in [1.54, 1.807) is 31.2 Å². The van der Waals surface area contributed by atoms with Gasteiger partial charge in [0.05, 0.1) is 45.7 Å². The second kappa shape index (κ2) is 12.3. The Morgan fingerprint density at radius 3 is 2.61 bits per heavy atom. The molecule has 10 heteroatoms. The number of ketones is 1. The zero-order chi connectivity index (χ0) is 27.1. The Balaban J connectivity index is 1.39. The fraction of sp³-hybridized carbons (Fsp3) is 0.464. The summed E-state index contributed by atoms with van der Waals surface area (Å²) in [5, 5.41) is 5.07. The monoisotopic (exact) mass is 529 g/mol. The van der Waals surface area contributed by atoms with Crippen LogP contribution in [0.3, 0.4) is 0 Å². The molecule has 0 unspecified atom stereocenters. The van der Waals surface area contributed by atoms with E-state index < -0.39 is 6.16 Å². The van der Waals surface area contributed by atoms with Gasteiger partial charge in [-0.25, -0.2) is 9.18 Å². The number of benzene rings is 2. The molecule has 0 amide bonds. The first-order chi connectivity index (χ1) is 18.3. The summed E-state index contributed by atoms with van der Waals surface area (Å²) in [4.78, 5) is 23.6. The molecule has 1 aromatic heterocycles. The standard InChI is InChI=1S/C28H34FN2O7/c1-4-35-28(33)37-18-31(12-5-15-36-24-9-6-21(19(2)32)16-26(24)34-3)13-10-20(11-14-31)27-23-8-7-22(29)17-25(23)38-30-27/h6-9,16-17,20H,4-5,10-15,18H2,1-3H3/q+1. The fourth-order valence-corrected chi connectivity index (χ4v) is 4.97. The second-order valence-corrected chi connectivity index (χ2v) is 9.58. The molecular weight excluding hydrogens is 495 g/mol.